The molecule has 0 spiro atoms. The van der Waals surface area contributed by atoms with E-state index in [0.29, 0.717) is 28.3 Å². The van der Waals surface area contributed by atoms with Gasteiger partial charge in [-0.1, -0.05) is 12.1 Å². The van der Waals surface area contributed by atoms with Gasteiger partial charge < -0.3 is 15.8 Å². The van der Waals surface area contributed by atoms with E-state index in [9.17, 15) is 4.79 Å². The number of methoxy groups -OCH3 is 1. The molecule has 3 N–H and O–H groups in total. The number of nitrogens with one attached hydrogen (secondary N) is 1. The summed E-state index contributed by atoms with van der Waals surface area (Å²) in [5.41, 5.74) is 7.31. The van der Waals surface area contributed by atoms with Gasteiger partial charge in [0.25, 0.3) is 5.91 Å². The number of nitrogens with two attached hydrogens (primary N) is 1. The predicted octanol–water partition coefficient (Wildman–Crippen LogP) is 2.40. The van der Waals surface area contributed by atoms with Gasteiger partial charge in [-0.15, -0.1) is 0 Å². The molecule has 2 rings (SSSR count). The number of para-hydroxylation sites is 1. The molecule has 2 aromatic carbocycles. The molecule has 0 bridgehead atoms. The minimum Gasteiger partial charge on any atom is -0.497 e. The van der Waals surface area contributed by atoms with Crippen LogP contribution in [0.3, 0.4) is 0 Å². The van der Waals surface area contributed by atoms with E-state index in [1.54, 1.807) is 42.5 Å². The molecule has 1 amide bonds. The molecule has 0 radical (unpaired) electrons. The first kappa shape index (κ1) is 13.4. The summed E-state index contributed by atoms with van der Waals surface area (Å²) in [5.74, 6) is 0.212. The molecule has 0 atom stereocenters. The maximum Gasteiger partial charge on any atom is 0.257 e. The number of ether oxygens (including phenoxy) is 1. The fraction of sp³-hybridized carbons (Fsp3) is 0.0667. The smallest absolute Gasteiger partial charge is 0.257 e. The third-order valence-electron chi connectivity index (χ3n) is 2.80. The lowest BCUT2D eigenvalue weighted by Gasteiger charge is -2.09. The number of hydrogen-bond donors (Lipinski definition) is 2. The van der Waals surface area contributed by atoms with Crippen LogP contribution in [0.2, 0.25) is 0 Å². The van der Waals surface area contributed by atoms with Crippen molar-refractivity contribution < 1.29 is 9.53 Å². The summed E-state index contributed by atoms with van der Waals surface area (Å²) >= 11 is 0. The Morgan fingerprint density at radius 1 is 1.30 bits per heavy atom. The summed E-state index contributed by atoms with van der Waals surface area (Å²) in [6.45, 7) is 0. The standard InChI is InChI=1S/C15H13N3O2/c1-20-11-6-7-12(13(17)8-11)15(19)18-14-5-3-2-4-10(14)9-16/h2-8H,17H2,1H3,(H,18,19). The van der Waals surface area contributed by atoms with Crippen LogP contribution in [0, 0.1) is 11.3 Å². The number of nitriles is 1. The summed E-state index contributed by atoms with van der Waals surface area (Å²) in [6.07, 6.45) is 0. The zero-order chi connectivity index (χ0) is 14.5. The predicted molar refractivity (Wildman–Crippen MR) is 76.5 cm³/mol. The van der Waals surface area contributed by atoms with Crippen molar-refractivity contribution in [1.82, 2.24) is 0 Å². The second-order valence-corrected chi connectivity index (χ2v) is 4.06. The molecule has 0 aliphatic heterocycles. The Hall–Kier alpha value is -3.00. The van der Waals surface area contributed by atoms with Gasteiger partial charge in [-0.25, -0.2) is 0 Å². The lowest BCUT2D eigenvalue weighted by Crippen LogP contribution is -2.14. The third-order valence-corrected chi connectivity index (χ3v) is 2.80. The molecule has 0 saturated carbocycles. The average Bonchev–Trinajstić information content (AvgIpc) is 2.47. The van der Waals surface area contributed by atoms with Crippen molar-refractivity contribution in [2.75, 3.05) is 18.2 Å². The highest BCUT2D eigenvalue weighted by molar-refractivity contribution is 6.08. The molecule has 0 saturated heterocycles. The van der Waals surface area contributed by atoms with Gasteiger partial charge in [-0.3, -0.25) is 4.79 Å². The minimum absolute atomic E-state index is 0.316. The van der Waals surface area contributed by atoms with Gasteiger partial charge in [0, 0.05) is 11.8 Å². The molecule has 0 aliphatic carbocycles. The van der Waals surface area contributed by atoms with E-state index in [4.69, 9.17) is 15.7 Å². The molecule has 0 heterocycles. The molecule has 5 heteroatoms. The van der Waals surface area contributed by atoms with E-state index >= 15 is 0 Å². The number of anilines is 2. The van der Waals surface area contributed by atoms with Crippen LogP contribution in [0.5, 0.6) is 5.75 Å². The van der Waals surface area contributed by atoms with Crippen LogP contribution in [-0.4, -0.2) is 13.0 Å². The van der Waals surface area contributed by atoms with Crippen molar-refractivity contribution in [2.24, 2.45) is 0 Å². The van der Waals surface area contributed by atoms with Crippen LogP contribution in [0.25, 0.3) is 0 Å². The summed E-state index contributed by atoms with van der Waals surface area (Å²) in [4.78, 5) is 12.2. The van der Waals surface area contributed by atoms with Crippen LogP contribution in [0.4, 0.5) is 11.4 Å². The fourth-order valence-corrected chi connectivity index (χ4v) is 1.75. The summed E-state index contributed by atoms with van der Waals surface area (Å²) in [5, 5.41) is 11.7. The summed E-state index contributed by atoms with van der Waals surface area (Å²) in [7, 11) is 1.53. The number of nitrogen functional groups attached to an aromatic ring is 1. The number of amides is 1. The van der Waals surface area contributed by atoms with Crippen LogP contribution in [0.15, 0.2) is 42.5 Å². The Balaban J connectivity index is 2.27. The molecule has 0 unspecified atom stereocenters. The normalized spacial score (nSPS) is 9.60. The van der Waals surface area contributed by atoms with Gasteiger partial charge in [-0.05, 0) is 24.3 Å². The molecule has 2 aromatic rings. The lowest BCUT2D eigenvalue weighted by atomic mass is 10.1. The van der Waals surface area contributed by atoms with Crippen molar-refractivity contribution >= 4 is 17.3 Å². The maximum atomic E-state index is 12.2. The lowest BCUT2D eigenvalue weighted by molar-refractivity contribution is 0.102. The largest absolute Gasteiger partial charge is 0.497 e. The number of benzene rings is 2. The zero-order valence-corrected chi connectivity index (χ0v) is 10.9. The molecule has 0 aliphatic rings. The van der Waals surface area contributed by atoms with Crippen molar-refractivity contribution in [2.45, 2.75) is 0 Å². The third kappa shape index (κ3) is 2.70. The molecule has 20 heavy (non-hydrogen) atoms. The molecule has 0 fully saturated rings. The first-order valence-electron chi connectivity index (χ1n) is 5.89. The highest BCUT2D eigenvalue weighted by atomic mass is 16.5. The van der Waals surface area contributed by atoms with Crippen LogP contribution >= 0.6 is 0 Å². The van der Waals surface area contributed by atoms with Crippen molar-refractivity contribution in [3.05, 3.63) is 53.6 Å². The van der Waals surface area contributed by atoms with E-state index in [-0.39, 0.29) is 5.91 Å². The van der Waals surface area contributed by atoms with E-state index in [0.717, 1.165) is 0 Å². The molecule has 0 aromatic heterocycles. The molecule has 5 nitrogen and oxygen atoms in total. The van der Waals surface area contributed by atoms with Gasteiger partial charge >= 0.3 is 0 Å². The van der Waals surface area contributed by atoms with E-state index in [1.165, 1.54) is 7.11 Å². The Kier molecular flexibility index (Phi) is 3.87. The second-order valence-electron chi connectivity index (χ2n) is 4.06. The van der Waals surface area contributed by atoms with Gasteiger partial charge in [0.05, 0.1) is 23.9 Å². The Labute approximate surface area is 116 Å². The number of carbonyl (C=O) groups is 1. The second kappa shape index (κ2) is 5.76. The van der Waals surface area contributed by atoms with E-state index < -0.39 is 0 Å². The zero-order valence-electron chi connectivity index (χ0n) is 10.9. The Bertz CT molecular complexity index is 690. The van der Waals surface area contributed by atoms with E-state index in [2.05, 4.69) is 5.32 Å². The fourth-order valence-electron chi connectivity index (χ4n) is 1.75. The molecule has 100 valence electrons. The molecular formula is C15H13N3O2. The number of nitrogens with zero attached hydrogens (tertiary/aromatic N) is 1. The SMILES string of the molecule is COc1ccc(C(=O)Nc2ccccc2C#N)c(N)c1. The molecular weight excluding hydrogens is 254 g/mol. The van der Waals surface area contributed by atoms with Crippen molar-refractivity contribution in [1.29, 1.82) is 5.26 Å². The summed E-state index contributed by atoms with van der Waals surface area (Å²) < 4.78 is 5.03. The first-order valence-corrected chi connectivity index (χ1v) is 5.89. The summed E-state index contributed by atoms with van der Waals surface area (Å²) in [6, 6.07) is 13.6. The highest BCUT2D eigenvalue weighted by Crippen LogP contribution is 2.21. The number of hydrogen-bond acceptors (Lipinski definition) is 4. The van der Waals surface area contributed by atoms with Gasteiger partial charge in [0.1, 0.15) is 11.8 Å². The topological polar surface area (TPSA) is 88.1 Å². The number of carbonyl (C=O) groups excluding carboxylic acids is 1. The van der Waals surface area contributed by atoms with Gasteiger partial charge in [-0.2, -0.15) is 5.26 Å². The Morgan fingerprint density at radius 3 is 2.70 bits per heavy atom. The van der Waals surface area contributed by atoms with Gasteiger partial charge in [0.15, 0.2) is 0 Å². The Morgan fingerprint density at radius 2 is 2.05 bits per heavy atom. The van der Waals surface area contributed by atoms with Crippen LogP contribution in [-0.2, 0) is 0 Å². The van der Waals surface area contributed by atoms with Gasteiger partial charge in [0.2, 0.25) is 0 Å². The minimum atomic E-state index is -0.368. The van der Waals surface area contributed by atoms with Crippen molar-refractivity contribution in [3.63, 3.8) is 0 Å². The van der Waals surface area contributed by atoms with Crippen LogP contribution in [0.1, 0.15) is 15.9 Å². The quantitative estimate of drug-likeness (QED) is 0.836. The van der Waals surface area contributed by atoms with E-state index in [1.807, 2.05) is 6.07 Å². The maximum absolute atomic E-state index is 12.2. The monoisotopic (exact) mass is 267 g/mol. The van der Waals surface area contributed by atoms with Crippen molar-refractivity contribution in [3.8, 4) is 11.8 Å². The first-order chi connectivity index (χ1) is 9.65. The number of rotatable bonds is 3. The highest BCUT2D eigenvalue weighted by Gasteiger charge is 2.12. The average molecular weight is 267 g/mol. The van der Waals surface area contributed by atoms with Crippen LogP contribution < -0.4 is 15.8 Å².